The summed E-state index contributed by atoms with van der Waals surface area (Å²) < 4.78 is 7.29. The predicted molar refractivity (Wildman–Crippen MR) is 96.3 cm³/mol. The fraction of sp³-hybridized carbons (Fsp3) is 0.211. The molecule has 6 heteroatoms. The van der Waals surface area contributed by atoms with E-state index >= 15 is 0 Å². The minimum atomic E-state index is -0.335. The minimum absolute atomic E-state index is 0.0143. The van der Waals surface area contributed by atoms with Crippen molar-refractivity contribution >= 4 is 11.6 Å². The molecule has 1 amide bonds. The third-order valence-electron chi connectivity index (χ3n) is 3.52. The second kappa shape index (κ2) is 7.17. The molecule has 0 atom stereocenters. The zero-order chi connectivity index (χ0) is 17.8. The molecule has 0 unspecified atom stereocenters. The molecule has 25 heavy (non-hydrogen) atoms. The third-order valence-corrected chi connectivity index (χ3v) is 3.52. The maximum Gasteiger partial charge on any atom is 0.277 e. The molecule has 0 fully saturated rings. The van der Waals surface area contributed by atoms with Gasteiger partial charge in [0.2, 0.25) is 0 Å². The maximum atomic E-state index is 12.5. The fourth-order valence-electron chi connectivity index (χ4n) is 2.30. The zero-order valence-electron chi connectivity index (χ0n) is 14.4. The number of ether oxygens (including phenoxy) is 1. The van der Waals surface area contributed by atoms with E-state index in [-0.39, 0.29) is 17.7 Å². The van der Waals surface area contributed by atoms with Gasteiger partial charge in [-0.05, 0) is 45.0 Å². The topological polar surface area (TPSA) is 69.0 Å². The van der Waals surface area contributed by atoms with E-state index in [1.54, 1.807) is 16.9 Å². The number of aryl methyl sites for hydroxylation is 1. The Morgan fingerprint density at radius 2 is 1.84 bits per heavy atom. The first-order valence-electron chi connectivity index (χ1n) is 8.09. The van der Waals surface area contributed by atoms with Gasteiger partial charge < -0.3 is 10.1 Å². The van der Waals surface area contributed by atoms with Gasteiger partial charge in [0, 0.05) is 0 Å². The molecular weight excluding hydrogens is 316 g/mol. The van der Waals surface area contributed by atoms with Crippen LogP contribution in [0.25, 0.3) is 5.69 Å². The van der Waals surface area contributed by atoms with Crippen LogP contribution in [-0.4, -0.2) is 27.0 Å². The summed E-state index contributed by atoms with van der Waals surface area (Å²) in [5, 5.41) is 10.8. The fourth-order valence-corrected chi connectivity index (χ4v) is 2.30. The van der Waals surface area contributed by atoms with Gasteiger partial charge in [-0.1, -0.05) is 35.0 Å². The molecule has 0 saturated heterocycles. The molecule has 0 aliphatic heterocycles. The van der Waals surface area contributed by atoms with Crippen LogP contribution in [0.3, 0.4) is 0 Å². The second-order valence-electron chi connectivity index (χ2n) is 6.00. The number of benzene rings is 2. The smallest absolute Gasteiger partial charge is 0.277 e. The largest absolute Gasteiger partial charge is 0.489 e. The van der Waals surface area contributed by atoms with E-state index in [9.17, 15) is 4.79 Å². The maximum absolute atomic E-state index is 12.5. The van der Waals surface area contributed by atoms with Crippen molar-refractivity contribution in [3.8, 4) is 11.4 Å². The van der Waals surface area contributed by atoms with Gasteiger partial charge in [-0.15, -0.1) is 5.10 Å². The highest BCUT2D eigenvalue weighted by Gasteiger charge is 2.14. The van der Waals surface area contributed by atoms with Crippen LogP contribution < -0.4 is 10.1 Å². The normalized spacial score (nSPS) is 10.7. The van der Waals surface area contributed by atoms with Crippen molar-refractivity contribution in [3.63, 3.8) is 0 Å². The number of nitrogens with zero attached hydrogens (tertiary/aromatic N) is 3. The van der Waals surface area contributed by atoms with Gasteiger partial charge >= 0.3 is 0 Å². The van der Waals surface area contributed by atoms with Crippen LogP contribution in [0.4, 0.5) is 5.69 Å². The lowest BCUT2D eigenvalue weighted by atomic mass is 10.2. The summed E-state index contributed by atoms with van der Waals surface area (Å²) >= 11 is 0. The Labute approximate surface area is 146 Å². The molecule has 3 aromatic rings. The molecule has 128 valence electrons. The Hall–Kier alpha value is -3.15. The number of para-hydroxylation sites is 2. The number of hydrogen-bond acceptors (Lipinski definition) is 4. The number of anilines is 1. The highest BCUT2D eigenvalue weighted by atomic mass is 16.5. The molecule has 0 saturated carbocycles. The summed E-state index contributed by atoms with van der Waals surface area (Å²) in [6.07, 6.45) is 1.62. The van der Waals surface area contributed by atoms with Gasteiger partial charge in [-0.2, -0.15) is 0 Å². The predicted octanol–water partition coefficient (Wildman–Crippen LogP) is 3.62. The van der Waals surface area contributed by atoms with Crippen molar-refractivity contribution in [2.45, 2.75) is 26.9 Å². The Morgan fingerprint density at radius 3 is 2.56 bits per heavy atom. The number of carbonyl (C=O) groups is 1. The molecule has 3 rings (SSSR count). The van der Waals surface area contributed by atoms with Crippen LogP contribution >= 0.6 is 0 Å². The summed E-state index contributed by atoms with van der Waals surface area (Å²) in [5.74, 6) is 0.287. The number of amides is 1. The Balaban J connectivity index is 1.78. The average Bonchev–Trinajstić information content (AvgIpc) is 3.07. The first kappa shape index (κ1) is 16.7. The van der Waals surface area contributed by atoms with Crippen LogP contribution in [0, 0.1) is 6.92 Å². The quantitative estimate of drug-likeness (QED) is 0.773. The second-order valence-corrected chi connectivity index (χ2v) is 6.00. The van der Waals surface area contributed by atoms with Crippen molar-refractivity contribution in [3.05, 3.63) is 66.0 Å². The summed E-state index contributed by atoms with van der Waals surface area (Å²) in [4.78, 5) is 12.5. The van der Waals surface area contributed by atoms with Crippen LogP contribution in [0.1, 0.15) is 29.9 Å². The van der Waals surface area contributed by atoms with Gasteiger partial charge in [0.15, 0.2) is 5.69 Å². The molecule has 1 N–H and O–H groups in total. The molecule has 0 spiro atoms. The molecule has 6 nitrogen and oxygen atoms in total. The molecule has 1 aromatic heterocycles. The standard InChI is InChI=1S/C19H20N4O2/c1-13(2)25-18-7-5-4-6-16(18)20-19(24)17-12-23(22-21-17)15-10-8-14(3)9-11-15/h4-13H,1-3H3,(H,20,24). The van der Waals surface area contributed by atoms with E-state index < -0.39 is 0 Å². The number of nitrogens with one attached hydrogen (secondary N) is 1. The first-order valence-corrected chi connectivity index (χ1v) is 8.09. The monoisotopic (exact) mass is 336 g/mol. The molecule has 1 heterocycles. The van der Waals surface area contributed by atoms with Crippen LogP contribution in [-0.2, 0) is 0 Å². The molecule has 2 aromatic carbocycles. The minimum Gasteiger partial charge on any atom is -0.489 e. The molecule has 0 bridgehead atoms. The SMILES string of the molecule is Cc1ccc(-n2cc(C(=O)Nc3ccccc3OC(C)C)nn2)cc1. The molecular formula is C19H20N4O2. The lowest BCUT2D eigenvalue weighted by molar-refractivity contribution is 0.102. The lowest BCUT2D eigenvalue weighted by Gasteiger charge is -2.14. The summed E-state index contributed by atoms with van der Waals surface area (Å²) in [6, 6.07) is 15.1. The van der Waals surface area contributed by atoms with E-state index in [0.717, 1.165) is 11.3 Å². The Bertz CT molecular complexity index is 869. The summed E-state index contributed by atoms with van der Waals surface area (Å²) in [7, 11) is 0. The van der Waals surface area contributed by atoms with Crippen molar-refractivity contribution < 1.29 is 9.53 Å². The zero-order valence-corrected chi connectivity index (χ0v) is 14.4. The van der Waals surface area contributed by atoms with Gasteiger partial charge in [0.1, 0.15) is 5.75 Å². The van der Waals surface area contributed by atoms with Gasteiger partial charge in [-0.3, -0.25) is 4.79 Å². The van der Waals surface area contributed by atoms with Gasteiger partial charge in [-0.25, -0.2) is 4.68 Å². The first-order chi connectivity index (χ1) is 12.0. The number of hydrogen-bond donors (Lipinski definition) is 1. The van der Waals surface area contributed by atoms with Crippen molar-refractivity contribution in [1.29, 1.82) is 0 Å². The van der Waals surface area contributed by atoms with E-state index in [0.29, 0.717) is 11.4 Å². The Kier molecular flexibility index (Phi) is 4.79. The summed E-state index contributed by atoms with van der Waals surface area (Å²) in [6.45, 7) is 5.89. The van der Waals surface area contributed by atoms with Crippen molar-refractivity contribution in [2.24, 2.45) is 0 Å². The highest BCUT2D eigenvalue weighted by Crippen LogP contribution is 2.25. The van der Waals surface area contributed by atoms with Gasteiger partial charge in [0.25, 0.3) is 5.91 Å². The molecule has 0 aliphatic rings. The molecule has 0 radical (unpaired) electrons. The molecule has 0 aliphatic carbocycles. The number of carbonyl (C=O) groups excluding carboxylic acids is 1. The number of rotatable bonds is 5. The van der Waals surface area contributed by atoms with Crippen molar-refractivity contribution in [2.75, 3.05) is 5.32 Å². The van der Waals surface area contributed by atoms with Crippen LogP contribution in [0.2, 0.25) is 0 Å². The average molecular weight is 336 g/mol. The van der Waals surface area contributed by atoms with Crippen molar-refractivity contribution in [1.82, 2.24) is 15.0 Å². The Morgan fingerprint density at radius 1 is 1.12 bits per heavy atom. The van der Waals surface area contributed by atoms with E-state index in [1.807, 2.05) is 63.2 Å². The highest BCUT2D eigenvalue weighted by molar-refractivity contribution is 6.03. The van der Waals surface area contributed by atoms with Crippen LogP contribution in [0.5, 0.6) is 5.75 Å². The number of aromatic nitrogens is 3. The van der Waals surface area contributed by atoms with Gasteiger partial charge in [0.05, 0.1) is 23.7 Å². The van der Waals surface area contributed by atoms with E-state index in [2.05, 4.69) is 15.6 Å². The lowest BCUT2D eigenvalue weighted by Crippen LogP contribution is -2.14. The van der Waals surface area contributed by atoms with E-state index in [1.165, 1.54) is 0 Å². The summed E-state index contributed by atoms with van der Waals surface area (Å²) in [5.41, 5.74) is 2.84. The van der Waals surface area contributed by atoms with Crippen LogP contribution in [0.15, 0.2) is 54.7 Å². The van der Waals surface area contributed by atoms with E-state index in [4.69, 9.17) is 4.74 Å². The third kappa shape index (κ3) is 4.03.